The predicted molar refractivity (Wildman–Crippen MR) is 73.1 cm³/mol. The summed E-state index contributed by atoms with van der Waals surface area (Å²) < 4.78 is 0. The second kappa shape index (κ2) is 4.55. The van der Waals surface area contributed by atoms with Gasteiger partial charge in [-0.1, -0.05) is 6.92 Å². The van der Waals surface area contributed by atoms with Crippen LogP contribution >= 0.6 is 0 Å². The van der Waals surface area contributed by atoms with Gasteiger partial charge < -0.3 is 10.6 Å². The summed E-state index contributed by atoms with van der Waals surface area (Å²) in [7, 11) is 0. The van der Waals surface area contributed by atoms with Gasteiger partial charge in [-0.3, -0.25) is 5.41 Å². The minimum atomic E-state index is 0.0762. The number of nitrogens with two attached hydrogens (primary N) is 1. The normalized spacial score (nSPS) is 23.4. The third-order valence-corrected chi connectivity index (χ3v) is 3.76. The Morgan fingerprint density at radius 2 is 2.00 bits per heavy atom. The molecule has 2 unspecified atom stereocenters. The van der Waals surface area contributed by atoms with Crippen LogP contribution in [0.2, 0.25) is 0 Å². The molecule has 18 heavy (non-hydrogen) atoms. The summed E-state index contributed by atoms with van der Waals surface area (Å²) in [6, 6.07) is 0.425. The molecule has 1 fully saturated rings. The van der Waals surface area contributed by atoms with Crippen LogP contribution in [0.3, 0.4) is 0 Å². The van der Waals surface area contributed by atoms with E-state index in [4.69, 9.17) is 11.1 Å². The quantitative estimate of drug-likeness (QED) is 0.614. The lowest BCUT2D eigenvalue weighted by atomic mass is 10.1. The first kappa shape index (κ1) is 12.8. The van der Waals surface area contributed by atoms with E-state index in [-0.39, 0.29) is 5.84 Å². The Morgan fingerprint density at radius 1 is 1.33 bits per heavy atom. The third-order valence-electron chi connectivity index (χ3n) is 3.76. The first-order chi connectivity index (χ1) is 8.41. The number of nitrogen functional groups attached to an aromatic ring is 1. The number of anilines is 1. The largest absolute Gasteiger partial charge is 0.384 e. The van der Waals surface area contributed by atoms with E-state index < -0.39 is 0 Å². The van der Waals surface area contributed by atoms with E-state index in [2.05, 4.69) is 28.9 Å². The molecule has 0 aromatic carbocycles. The van der Waals surface area contributed by atoms with Crippen LogP contribution in [0.15, 0.2) is 0 Å². The molecule has 2 heterocycles. The van der Waals surface area contributed by atoms with Gasteiger partial charge in [0.1, 0.15) is 5.84 Å². The molecule has 2 rings (SSSR count). The van der Waals surface area contributed by atoms with Gasteiger partial charge >= 0.3 is 0 Å². The molecule has 1 aromatic heterocycles. The van der Waals surface area contributed by atoms with Crippen molar-refractivity contribution in [2.75, 3.05) is 11.4 Å². The van der Waals surface area contributed by atoms with Crippen molar-refractivity contribution in [1.29, 1.82) is 5.41 Å². The summed E-state index contributed by atoms with van der Waals surface area (Å²) in [6.07, 6.45) is 1.14. The molecule has 3 N–H and O–H groups in total. The summed E-state index contributed by atoms with van der Waals surface area (Å²) in [5.74, 6) is 1.48. The van der Waals surface area contributed by atoms with Crippen molar-refractivity contribution in [3.8, 4) is 0 Å². The molecule has 1 aliphatic rings. The second-order valence-corrected chi connectivity index (χ2v) is 5.36. The van der Waals surface area contributed by atoms with Crippen molar-refractivity contribution >= 4 is 11.7 Å². The van der Waals surface area contributed by atoms with E-state index in [1.54, 1.807) is 0 Å². The van der Waals surface area contributed by atoms with Crippen LogP contribution in [-0.4, -0.2) is 28.6 Å². The summed E-state index contributed by atoms with van der Waals surface area (Å²) in [6.45, 7) is 9.23. The smallest absolute Gasteiger partial charge is 0.162 e. The van der Waals surface area contributed by atoms with Crippen LogP contribution in [0.25, 0.3) is 0 Å². The van der Waals surface area contributed by atoms with Crippen molar-refractivity contribution in [2.24, 2.45) is 11.7 Å². The van der Waals surface area contributed by atoms with Gasteiger partial charge in [-0.25, -0.2) is 0 Å². The van der Waals surface area contributed by atoms with Crippen LogP contribution in [0.4, 0.5) is 5.82 Å². The van der Waals surface area contributed by atoms with Crippen LogP contribution < -0.4 is 10.6 Å². The number of nitrogens with one attached hydrogen (secondary N) is 1. The highest BCUT2D eigenvalue weighted by Gasteiger charge is 2.30. The van der Waals surface area contributed by atoms with Crippen LogP contribution in [0, 0.1) is 25.2 Å². The molecule has 1 aliphatic heterocycles. The highest BCUT2D eigenvalue weighted by atomic mass is 15.3. The van der Waals surface area contributed by atoms with E-state index in [1.165, 1.54) is 0 Å². The first-order valence-electron chi connectivity index (χ1n) is 6.36. The Bertz CT molecular complexity index is 483. The van der Waals surface area contributed by atoms with E-state index in [0.29, 0.717) is 12.0 Å². The fraction of sp³-hybridized carbons (Fsp3) is 0.615. The zero-order valence-electron chi connectivity index (χ0n) is 11.5. The Balaban J connectivity index is 2.51. The highest BCUT2D eigenvalue weighted by molar-refractivity contribution is 6.01. The minimum absolute atomic E-state index is 0.0762. The monoisotopic (exact) mass is 247 g/mol. The predicted octanol–water partition coefficient (Wildman–Crippen LogP) is 1.61. The third kappa shape index (κ3) is 2.05. The van der Waals surface area contributed by atoms with Gasteiger partial charge in [0.05, 0.1) is 11.3 Å². The maximum atomic E-state index is 7.78. The van der Waals surface area contributed by atoms with E-state index in [1.807, 2.05) is 13.8 Å². The number of aryl methyl sites for hydroxylation is 1. The highest BCUT2D eigenvalue weighted by Crippen LogP contribution is 2.30. The standard InChI is InChI=1S/C13H21N5/c1-7-5-8(2)18(6-7)13-11(12(14)15)9(3)10(4)16-17-13/h7-8H,5-6H2,1-4H3,(H3,14,15). The van der Waals surface area contributed by atoms with Gasteiger partial charge in [-0.05, 0) is 38.7 Å². The van der Waals surface area contributed by atoms with Crippen LogP contribution in [-0.2, 0) is 0 Å². The lowest BCUT2D eigenvalue weighted by Crippen LogP contribution is -2.31. The van der Waals surface area contributed by atoms with Gasteiger partial charge in [0.15, 0.2) is 5.82 Å². The molecular formula is C13H21N5. The molecule has 1 saturated heterocycles. The first-order valence-corrected chi connectivity index (χ1v) is 6.36. The lowest BCUT2D eigenvalue weighted by Gasteiger charge is -2.25. The Hall–Kier alpha value is -1.65. The zero-order chi connectivity index (χ0) is 13.4. The van der Waals surface area contributed by atoms with Gasteiger partial charge in [-0.2, -0.15) is 5.10 Å². The number of hydrogen-bond donors (Lipinski definition) is 2. The molecule has 1 aromatic rings. The van der Waals surface area contributed by atoms with Crippen molar-refractivity contribution in [3.63, 3.8) is 0 Å². The summed E-state index contributed by atoms with van der Waals surface area (Å²) in [4.78, 5) is 2.22. The van der Waals surface area contributed by atoms with Crippen molar-refractivity contribution in [1.82, 2.24) is 10.2 Å². The molecule has 2 atom stereocenters. The van der Waals surface area contributed by atoms with Crippen molar-refractivity contribution in [3.05, 3.63) is 16.8 Å². The molecule has 5 nitrogen and oxygen atoms in total. The SMILES string of the molecule is Cc1nnc(N2CC(C)CC2C)c(C(=N)N)c1C. The maximum absolute atomic E-state index is 7.78. The van der Waals surface area contributed by atoms with Crippen molar-refractivity contribution in [2.45, 2.75) is 40.2 Å². The van der Waals surface area contributed by atoms with Gasteiger partial charge in [0.25, 0.3) is 0 Å². The van der Waals surface area contributed by atoms with E-state index >= 15 is 0 Å². The average molecular weight is 247 g/mol. The number of rotatable bonds is 2. The van der Waals surface area contributed by atoms with Gasteiger partial charge in [-0.15, -0.1) is 5.10 Å². The molecule has 0 radical (unpaired) electrons. The Labute approximate surface area is 108 Å². The molecule has 0 saturated carbocycles. The van der Waals surface area contributed by atoms with Crippen LogP contribution in [0.1, 0.15) is 37.1 Å². The van der Waals surface area contributed by atoms with E-state index in [0.717, 1.165) is 35.6 Å². The number of amidine groups is 1. The number of aromatic nitrogens is 2. The van der Waals surface area contributed by atoms with Crippen molar-refractivity contribution < 1.29 is 0 Å². The van der Waals surface area contributed by atoms with Crippen LogP contribution in [0.5, 0.6) is 0 Å². The summed E-state index contributed by atoms with van der Waals surface area (Å²) in [5, 5.41) is 16.2. The Morgan fingerprint density at radius 3 is 2.50 bits per heavy atom. The molecule has 0 amide bonds. The van der Waals surface area contributed by atoms with Gasteiger partial charge in [0, 0.05) is 12.6 Å². The summed E-state index contributed by atoms with van der Waals surface area (Å²) >= 11 is 0. The zero-order valence-corrected chi connectivity index (χ0v) is 11.5. The average Bonchev–Trinajstić information content (AvgIpc) is 2.61. The van der Waals surface area contributed by atoms with Gasteiger partial charge in [0.2, 0.25) is 0 Å². The minimum Gasteiger partial charge on any atom is -0.384 e. The topological polar surface area (TPSA) is 78.9 Å². The lowest BCUT2D eigenvalue weighted by molar-refractivity contribution is 0.625. The molecule has 0 aliphatic carbocycles. The maximum Gasteiger partial charge on any atom is 0.162 e. The molecule has 0 spiro atoms. The number of nitrogens with zero attached hydrogens (tertiary/aromatic N) is 3. The molecular weight excluding hydrogens is 226 g/mol. The summed E-state index contributed by atoms with van der Waals surface area (Å²) in [5.41, 5.74) is 8.25. The molecule has 98 valence electrons. The fourth-order valence-corrected chi connectivity index (χ4v) is 2.71. The molecule has 5 heteroatoms. The number of hydrogen-bond acceptors (Lipinski definition) is 4. The van der Waals surface area contributed by atoms with E-state index in [9.17, 15) is 0 Å². The Kier molecular flexibility index (Phi) is 3.24. The molecule has 0 bridgehead atoms. The second-order valence-electron chi connectivity index (χ2n) is 5.36. The fourth-order valence-electron chi connectivity index (χ4n) is 2.71.